The molecule has 7 atom stereocenters. The number of hydrogen-bond donors (Lipinski definition) is 4. The summed E-state index contributed by atoms with van der Waals surface area (Å²) in [5.74, 6) is -0.00722. The maximum Gasteiger partial charge on any atom is 0.391 e. The molecule has 3 aliphatic carbocycles. The molecule has 26 nitrogen and oxygen atoms in total. The van der Waals surface area contributed by atoms with Gasteiger partial charge in [0.2, 0.25) is 23.8 Å². The summed E-state index contributed by atoms with van der Waals surface area (Å²) in [6.45, 7) is 14.4. The lowest BCUT2D eigenvalue weighted by Crippen LogP contribution is -2.51. The Morgan fingerprint density at radius 3 is 1.37 bits per heavy atom. The maximum atomic E-state index is 13.8. The third-order valence-electron chi connectivity index (χ3n) is 22.4. The highest BCUT2D eigenvalue weighted by Gasteiger charge is 2.46. The van der Waals surface area contributed by atoms with Crippen LogP contribution in [0.3, 0.4) is 0 Å². The van der Waals surface area contributed by atoms with Crippen LogP contribution in [0.5, 0.6) is 0 Å². The Balaban J connectivity index is 0.616. The van der Waals surface area contributed by atoms with Gasteiger partial charge in [-0.15, -0.1) is 15.3 Å². The quantitative estimate of drug-likeness (QED) is 0.0434. The summed E-state index contributed by atoms with van der Waals surface area (Å²) >= 11 is 0. The summed E-state index contributed by atoms with van der Waals surface area (Å²) < 4.78 is 163. The minimum atomic E-state index is -4.42. The van der Waals surface area contributed by atoms with Crippen LogP contribution in [0, 0.1) is 0 Å². The topological polar surface area (TPSA) is 267 Å². The fraction of sp³-hybridized carbons (Fsp3) is 0.616. The van der Waals surface area contributed by atoms with Gasteiger partial charge >= 0.3 is 18.5 Å². The number of aliphatic hydroxyl groups is 1. The van der Waals surface area contributed by atoms with E-state index >= 15 is 0 Å². The number of aromatic nitrogens is 15. The van der Waals surface area contributed by atoms with Gasteiger partial charge in [-0.2, -0.15) is 54.8 Å². The number of anilines is 3. The molecule has 0 spiro atoms. The van der Waals surface area contributed by atoms with Crippen LogP contribution in [-0.4, -0.2) is 195 Å². The van der Waals surface area contributed by atoms with Crippen molar-refractivity contribution in [3.63, 3.8) is 0 Å². The summed E-state index contributed by atoms with van der Waals surface area (Å²) in [5.41, 5.74) is 6.58. The number of nitrogens with zero attached hydrogens (tertiary/aromatic N) is 16. The molecule has 9 aromatic rings. The van der Waals surface area contributed by atoms with Gasteiger partial charge in [0, 0.05) is 118 Å². The molecular formula is C73H90F9N19O7. The smallest absolute Gasteiger partial charge is 0.390 e. The van der Waals surface area contributed by atoms with E-state index in [0.29, 0.717) is 139 Å². The lowest BCUT2D eigenvalue weighted by molar-refractivity contribution is -0.297. The number of morpholine rings is 1. The zero-order chi connectivity index (χ0) is 76.0. The molecule has 3 saturated heterocycles. The van der Waals surface area contributed by atoms with Gasteiger partial charge in [-0.05, 0) is 144 Å². The van der Waals surface area contributed by atoms with Crippen molar-refractivity contribution in [3.05, 3.63) is 91.1 Å². The molecule has 0 aromatic carbocycles. The Labute approximate surface area is 615 Å². The molecule has 6 fully saturated rings. The van der Waals surface area contributed by atoms with Gasteiger partial charge in [0.1, 0.15) is 17.6 Å². The summed E-state index contributed by atoms with van der Waals surface area (Å²) in [5, 5.41) is 48.0. The van der Waals surface area contributed by atoms with Crippen molar-refractivity contribution in [3.8, 4) is 33.4 Å². The van der Waals surface area contributed by atoms with E-state index in [-0.39, 0.29) is 59.7 Å². The predicted molar refractivity (Wildman–Crippen MR) is 377 cm³/mol. The van der Waals surface area contributed by atoms with Crippen molar-refractivity contribution in [1.29, 1.82) is 0 Å². The number of amides is 1. The van der Waals surface area contributed by atoms with E-state index in [0.717, 1.165) is 44.9 Å². The molecule has 3 saturated carbocycles. The molecule has 582 valence electrons. The number of carbonyl (C=O) groups is 1. The molecule has 6 aliphatic rings. The number of fused-ring (bicyclic) bond motifs is 3. The number of rotatable bonds is 23. The van der Waals surface area contributed by atoms with Crippen molar-refractivity contribution < 1.29 is 73.1 Å². The molecule has 12 heterocycles. The third kappa shape index (κ3) is 16.1. The fourth-order valence-corrected chi connectivity index (χ4v) is 16.3. The van der Waals surface area contributed by atoms with E-state index in [1.165, 1.54) is 20.8 Å². The Morgan fingerprint density at radius 1 is 0.556 bits per heavy atom. The lowest BCUT2D eigenvalue weighted by atomic mass is 9.78. The Bertz CT molecular complexity index is 4680. The van der Waals surface area contributed by atoms with Gasteiger partial charge in [-0.1, -0.05) is 0 Å². The zero-order valence-electron chi connectivity index (χ0n) is 61.1. The monoisotopic (exact) mass is 1520 g/mol. The van der Waals surface area contributed by atoms with E-state index < -0.39 is 85.2 Å². The van der Waals surface area contributed by atoms with Gasteiger partial charge in [0.05, 0.1) is 117 Å². The first kappa shape index (κ1) is 74.9. The van der Waals surface area contributed by atoms with Crippen LogP contribution < -0.4 is 16.0 Å². The first-order chi connectivity index (χ1) is 51.2. The number of carbonyl (C=O) groups excluding carboxylic acids is 1. The Hall–Kier alpha value is -8.51. The van der Waals surface area contributed by atoms with E-state index in [2.05, 4.69) is 49.0 Å². The molecule has 0 bridgehead atoms. The molecule has 35 heteroatoms. The molecular weight excluding hydrogens is 1430 g/mol. The first-order valence-corrected chi connectivity index (χ1v) is 37.2. The van der Waals surface area contributed by atoms with Gasteiger partial charge < -0.3 is 49.6 Å². The van der Waals surface area contributed by atoms with Crippen LogP contribution >= 0.6 is 0 Å². The van der Waals surface area contributed by atoms with E-state index in [1.54, 1.807) is 60.3 Å². The minimum absolute atomic E-state index is 0.0235. The summed E-state index contributed by atoms with van der Waals surface area (Å²) in [6, 6.07) is 2.58. The second-order valence-corrected chi connectivity index (χ2v) is 31.5. The van der Waals surface area contributed by atoms with Crippen molar-refractivity contribution >= 4 is 40.3 Å². The predicted octanol–water partition coefficient (Wildman–Crippen LogP) is 13.3. The van der Waals surface area contributed by atoms with Crippen molar-refractivity contribution in [2.75, 3.05) is 55.5 Å². The van der Waals surface area contributed by atoms with Crippen LogP contribution in [0.1, 0.15) is 192 Å². The lowest BCUT2D eigenvalue weighted by Gasteiger charge is -2.45. The second-order valence-electron chi connectivity index (χ2n) is 31.5. The van der Waals surface area contributed by atoms with Crippen molar-refractivity contribution in [2.24, 2.45) is 0 Å². The average Bonchev–Trinajstić information content (AvgIpc) is 1.61. The SMILES string of the molecule is C[C@@H](CC(F)(F)F)Nc1ncc2c(-c3cnn(C4COC4OC4(C)CCC(c5cc(-c6cnn(C7COC7O[C@H]7CC[C@H](c8cc(-c9cnn(C(C)(C)C(=O)N%10CCOCC%10)c9)c9cnc(N[C@@H](C)CC(F)(F)F)nn98)CC7)c6)c6cnc(N[C@@H](C)CC(F)(F)F)nn56)CC4)c3)cc(C3CCC(C)(O)CC3)n2n1. The molecule has 4 unspecified atom stereocenters. The number of alkyl halides is 9. The van der Waals surface area contributed by atoms with Crippen LogP contribution in [0.2, 0.25) is 0 Å². The van der Waals surface area contributed by atoms with Crippen molar-refractivity contribution in [1.82, 2.24) is 78.0 Å². The summed E-state index contributed by atoms with van der Waals surface area (Å²) in [4.78, 5) is 29.0. The molecule has 4 N–H and O–H groups in total. The fourth-order valence-electron chi connectivity index (χ4n) is 16.3. The van der Waals surface area contributed by atoms with Crippen LogP contribution in [0.15, 0.2) is 74.0 Å². The largest absolute Gasteiger partial charge is 0.391 e. The highest BCUT2D eigenvalue weighted by Crippen LogP contribution is 2.47. The first-order valence-electron chi connectivity index (χ1n) is 37.2. The third-order valence-corrected chi connectivity index (χ3v) is 22.4. The van der Waals surface area contributed by atoms with Crippen LogP contribution in [0.4, 0.5) is 57.4 Å². The standard InChI is InChI=1S/C73H90F9N19O7/c1-41(27-71(74,75)76)89-65-85-35-59-53(49-32-88-98(38-49)68(4,5)64(102)95-20-22-104-23-21-95)26-54(99(59)92-65)44-8-10-50(11-9-44)107-62-60(39-105-62)96-36-47(30-86-96)52-25-56(101-58(52)34-84-67(94-101)91-43(3)29-73(80,81)82)46-14-18-70(7,19-15-46)108-63-61(40-106-63)97-37-48(31-87-97)51-24-55(45-12-16-69(6,103)17-13-45)100-57(51)33-83-66(93-100)90-42(2)28-72(77,78)79/h24-26,30-38,41-46,50,60-63,103H,8-23,27-29,39-40H2,1-7H3,(H,89,92)(H,90,93)(H,91,94)/t41-,42-,43-,44-,45?,46?,50-,60?,61?,62?,63?,69?,70?/m0/s1. The van der Waals surface area contributed by atoms with E-state index in [4.69, 9.17) is 49.2 Å². The van der Waals surface area contributed by atoms with Gasteiger partial charge in [-0.25, -0.2) is 28.5 Å². The number of nitrogens with one attached hydrogen (secondary N) is 3. The summed E-state index contributed by atoms with van der Waals surface area (Å²) in [7, 11) is 0. The highest BCUT2D eigenvalue weighted by atomic mass is 19.4. The Morgan fingerprint density at radius 2 is 0.954 bits per heavy atom. The van der Waals surface area contributed by atoms with Gasteiger partial charge in [0.25, 0.3) is 0 Å². The zero-order valence-corrected chi connectivity index (χ0v) is 61.1. The summed E-state index contributed by atoms with van der Waals surface area (Å²) in [6.07, 6.45) is 5.66. The molecule has 108 heavy (non-hydrogen) atoms. The minimum Gasteiger partial charge on any atom is -0.390 e. The molecule has 3 aliphatic heterocycles. The normalized spacial score (nSPS) is 26.3. The number of halogens is 9. The van der Waals surface area contributed by atoms with Gasteiger partial charge in [0.15, 0.2) is 12.6 Å². The van der Waals surface area contributed by atoms with E-state index in [1.807, 2.05) is 60.9 Å². The van der Waals surface area contributed by atoms with Crippen molar-refractivity contribution in [2.45, 2.75) is 247 Å². The van der Waals surface area contributed by atoms with Crippen LogP contribution in [0.25, 0.3) is 49.9 Å². The molecule has 15 rings (SSSR count). The number of ether oxygens (including phenoxy) is 5. The highest BCUT2D eigenvalue weighted by molar-refractivity contribution is 5.85. The van der Waals surface area contributed by atoms with Crippen LogP contribution in [-0.2, 0) is 34.0 Å². The maximum absolute atomic E-state index is 13.8. The average molecular weight is 1520 g/mol. The Kier molecular flexibility index (Phi) is 20.2. The van der Waals surface area contributed by atoms with E-state index in [9.17, 15) is 49.4 Å². The molecule has 9 aromatic heterocycles. The molecule has 0 radical (unpaired) electrons. The second kappa shape index (κ2) is 29.1. The molecule has 1 amide bonds. The van der Waals surface area contributed by atoms with Gasteiger partial charge in [-0.3, -0.25) is 18.8 Å². The number of hydrogen-bond acceptors (Lipinski definition) is 19.